The van der Waals surface area contributed by atoms with Crippen LogP contribution in [0.3, 0.4) is 0 Å². The van der Waals surface area contributed by atoms with Gasteiger partial charge in [-0.05, 0) is 55.7 Å². The molecule has 0 spiro atoms. The Morgan fingerprint density at radius 1 is 1.04 bits per heavy atom. The van der Waals surface area contributed by atoms with Crippen LogP contribution in [-0.2, 0) is 28.5 Å². The Labute approximate surface area is 308 Å². The van der Waals surface area contributed by atoms with Gasteiger partial charge >= 0.3 is 5.69 Å². The number of amides is 3. The molecule has 2 saturated heterocycles. The Bertz CT molecular complexity index is 2400. The number of aromatic nitrogens is 5. The van der Waals surface area contributed by atoms with Gasteiger partial charge in [0.25, 0.3) is 11.5 Å². The summed E-state index contributed by atoms with van der Waals surface area (Å²) >= 11 is 6.55. The molecule has 5 aromatic rings. The summed E-state index contributed by atoms with van der Waals surface area (Å²) in [5.41, 5.74) is 2.95. The average molecular weight is 743 g/mol. The van der Waals surface area contributed by atoms with Crippen molar-refractivity contribution in [3.05, 3.63) is 74.5 Å². The van der Waals surface area contributed by atoms with Gasteiger partial charge in [-0.3, -0.25) is 33.6 Å². The first kappa shape index (κ1) is 35.5. The third-order valence-electron chi connectivity index (χ3n) is 10.1. The van der Waals surface area contributed by atoms with Gasteiger partial charge in [-0.25, -0.2) is 9.78 Å². The lowest BCUT2D eigenvalue weighted by Crippen LogP contribution is -2.44. The van der Waals surface area contributed by atoms with E-state index in [9.17, 15) is 24.0 Å². The highest BCUT2D eigenvalue weighted by Gasteiger charge is 2.33. The second-order valence-corrected chi connectivity index (χ2v) is 13.7. The van der Waals surface area contributed by atoms with Gasteiger partial charge in [0.15, 0.2) is 18.2 Å². The summed E-state index contributed by atoms with van der Waals surface area (Å²) in [6.45, 7) is 1.07. The Balaban J connectivity index is 1.07. The number of benzene rings is 2. The summed E-state index contributed by atoms with van der Waals surface area (Å²) in [5, 5.41) is 9.16. The van der Waals surface area contributed by atoms with Crippen molar-refractivity contribution in [2.24, 2.45) is 14.1 Å². The zero-order valence-electron chi connectivity index (χ0n) is 29.7. The summed E-state index contributed by atoms with van der Waals surface area (Å²) < 4.78 is 10.0. The molecule has 0 aliphatic carbocycles. The number of pyridine rings is 1. The van der Waals surface area contributed by atoms with Crippen LogP contribution < -0.4 is 41.7 Å². The SMILES string of the molecule is CNC(=O)COc1cc2cc(Nc3nc(N4CCC(N(C)c5cccc6c5n(C)c(=O)n6C5CCC(=O)NC5=O)CC4)ncc3Cl)ccc2n(C)c1=O. The molecule has 17 heteroatoms. The van der Waals surface area contributed by atoms with Crippen LogP contribution in [0.2, 0.25) is 5.02 Å². The maximum Gasteiger partial charge on any atom is 0.329 e. The topological polar surface area (TPSA) is 178 Å². The van der Waals surface area contributed by atoms with Gasteiger partial charge in [0.05, 0.1) is 28.4 Å². The third kappa shape index (κ3) is 6.65. The van der Waals surface area contributed by atoms with Crippen LogP contribution in [0.25, 0.3) is 21.9 Å². The minimum Gasteiger partial charge on any atom is -0.478 e. The summed E-state index contributed by atoms with van der Waals surface area (Å²) in [5.74, 6) is -0.137. The van der Waals surface area contributed by atoms with Crippen molar-refractivity contribution in [2.45, 2.75) is 37.8 Å². The van der Waals surface area contributed by atoms with E-state index in [0.29, 0.717) is 52.0 Å². The predicted octanol–water partition coefficient (Wildman–Crippen LogP) is 2.59. The molecule has 1 atom stereocenters. The van der Waals surface area contributed by atoms with Gasteiger partial charge in [-0.1, -0.05) is 17.7 Å². The van der Waals surface area contributed by atoms with Gasteiger partial charge in [-0.2, -0.15) is 4.98 Å². The fourth-order valence-corrected chi connectivity index (χ4v) is 7.30. The molecule has 2 aliphatic rings. The summed E-state index contributed by atoms with van der Waals surface area (Å²) in [4.78, 5) is 76.0. The number of para-hydroxylation sites is 1. The highest BCUT2D eigenvalue weighted by molar-refractivity contribution is 6.33. The highest BCUT2D eigenvalue weighted by Crippen LogP contribution is 2.33. The standard InChI is InChI=1S/C36H39ClN10O6/c1-38-30(49)19-53-28-17-20-16-21(8-9-24(20)44(3)34(28)51)40-32-23(37)18-39-35(42-32)46-14-12-22(13-15-46)43(2)25-6-5-7-26-31(25)45(4)36(52)47(26)27-10-11-29(48)41-33(27)50/h5-9,16-18,22,27H,10-15,19H2,1-4H3,(H,38,49)(H,39,40,42)(H,41,48,50). The van der Waals surface area contributed by atoms with Crippen LogP contribution in [0.1, 0.15) is 31.7 Å². The van der Waals surface area contributed by atoms with E-state index in [1.165, 1.54) is 16.2 Å². The maximum absolute atomic E-state index is 13.5. The third-order valence-corrected chi connectivity index (χ3v) is 10.4. The minimum absolute atomic E-state index is 0.0588. The van der Waals surface area contributed by atoms with Gasteiger partial charge in [0, 0.05) is 64.8 Å². The summed E-state index contributed by atoms with van der Waals surface area (Å²) in [7, 11) is 6.86. The van der Waals surface area contributed by atoms with Crippen LogP contribution in [0.15, 0.2) is 58.3 Å². The second-order valence-electron chi connectivity index (χ2n) is 13.3. The maximum atomic E-state index is 13.5. The van der Waals surface area contributed by atoms with Crippen molar-refractivity contribution in [3.63, 3.8) is 0 Å². The molecule has 3 aromatic heterocycles. The van der Waals surface area contributed by atoms with Crippen molar-refractivity contribution < 1.29 is 19.1 Å². The second kappa shape index (κ2) is 14.3. The number of rotatable bonds is 9. The predicted molar refractivity (Wildman–Crippen MR) is 201 cm³/mol. The van der Waals surface area contributed by atoms with E-state index in [1.54, 1.807) is 37.0 Å². The summed E-state index contributed by atoms with van der Waals surface area (Å²) in [6, 6.07) is 12.2. The van der Waals surface area contributed by atoms with E-state index in [-0.39, 0.29) is 54.3 Å². The Kier molecular flexibility index (Phi) is 9.55. The summed E-state index contributed by atoms with van der Waals surface area (Å²) in [6.07, 6.45) is 3.59. The van der Waals surface area contributed by atoms with E-state index in [1.807, 2.05) is 37.4 Å². The zero-order valence-corrected chi connectivity index (χ0v) is 30.4. The van der Waals surface area contributed by atoms with Crippen LogP contribution in [0.4, 0.5) is 23.1 Å². The number of carbonyl (C=O) groups excluding carboxylic acids is 3. The lowest BCUT2D eigenvalue weighted by Gasteiger charge is -2.38. The van der Waals surface area contributed by atoms with Crippen molar-refractivity contribution in [3.8, 4) is 5.75 Å². The number of nitrogens with one attached hydrogen (secondary N) is 3. The average Bonchev–Trinajstić information content (AvgIpc) is 3.41. The highest BCUT2D eigenvalue weighted by atomic mass is 35.5. The fraction of sp³-hybridized carbons (Fsp3) is 0.361. The van der Waals surface area contributed by atoms with E-state index >= 15 is 0 Å². The molecule has 16 nitrogen and oxygen atoms in total. The Morgan fingerprint density at radius 2 is 1.81 bits per heavy atom. The molecule has 2 fully saturated rings. The van der Waals surface area contributed by atoms with E-state index in [0.717, 1.165) is 24.0 Å². The quantitative estimate of drug-likeness (QED) is 0.189. The molecule has 2 aromatic carbocycles. The Morgan fingerprint density at radius 3 is 2.55 bits per heavy atom. The molecule has 7 rings (SSSR count). The molecule has 276 valence electrons. The number of ether oxygens (including phenoxy) is 1. The molecule has 2 aliphatic heterocycles. The number of fused-ring (bicyclic) bond motifs is 2. The lowest BCUT2D eigenvalue weighted by atomic mass is 10.0. The van der Waals surface area contributed by atoms with Gasteiger partial charge < -0.3 is 29.7 Å². The van der Waals surface area contributed by atoms with E-state index < -0.39 is 11.9 Å². The number of imide groups is 1. The number of halogens is 1. The number of imidazole rings is 1. The number of anilines is 4. The van der Waals surface area contributed by atoms with Crippen LogP contribution in [0.5, 0.6) is 5.75 Å². The molecule has 0 saturated carbocycles. The van der Waals surface area contributed by atoms with Crippen LogP contribution >= 0.6 is 11.6 Å². The monoisotopic (exact) mass is 742 g/mol. The molecule has 1 unspecified atom stereocenters. The van der Waals surface area contributed by atoms with Crippen molar-refractivity contribution in [1.82, 2.24) is 34.3 Å². The molecule has 3 N–H and O–H groups in total. The van der Waals surface area contributed by atoms with E-state index in [4.69, 9.17) is 21.3 Å². The first-order valence-electron chi connectivity index (χ1n) is 17.2. The minimum atomic E-state index is -0.753. The van der Waals surface area contributed by atoms with Crippen LogP contribution in [0, 0.1) is 0 Å². The van der Waals surface area contributed by atoms with Crippen LogP contribution in [-0.4, -0.2) is 81.2 Å². The molecule has 0 radical (unpaired) electrons. The number of piperidine rings is 2. The number of aryl methyl sites for hydroxylation is 2. The smallest absolute Gasteiger partial charge is 0.329 e. The largest absolute Gasteiger partial charge is 0.478 e. The fourth-order valence-electron chi connectivity index (χ4n) is 7.17. The van der Waals surface area contributed by atoms with Crippen molar-refractivity contribution in [1.29, 1.82) is 0 Å². The number of carbonyl (C=O) groups is 3. The number of hydrogen-bond acceptors (Lipinski definition) is 11. The van der Waals surface area contributed by atoms with Crippen molar-refractivity contribution >= 4 is 74.4 Å². The Hall–Kier alpha value is -5.90. The zero-order chi connectivity index (χ0) is 37.6. The molecule has 5 heterocycles. The van der Waals surface area contributed by atoms with E-state index in [2.05, 4.69) is 30.7 Å². The van der Waals surface area contributed by atoms with Gasteiger partial charge in [0.1, 0.15) is 11.1 Å². The normalized spacial score (nSPS) is 16.5. The van der Waals surface area contributed by atoms with Gasteiger partial charge in [0.2, 0.25) is 17.8 Å². The molecular weight excluding hydrogens is 704 g/mol. The number of hydrogen-bond donors (Lipinski definition) is 3. The molecule has 3 amide bonds. The molecular formula is C36H39ClN10O6. The molecule has 0 bridgehead atoms. The number of nitrogens with zero attached hydrogens (tertiary/aromatic N) is 7. The van der Waals surface area contributed by atoms with Crippen molar-refractivity contribution in [2.75, 3.05) is 48.9 Å². The first-order valence-corrected chi connectivity index (χ1v) is 17.6. The number of likely N-dealkylation sites (N-methyl/N-ethyl adjacent to an activating group) is 1. The molecule has 53 heavy (non-hydrogen) atoms. The first-order chi connectivity index (χ1) is 25.4. The van der Waals surface area contributed by atoms with Gasteiger partial charge in [-0.15, -0.1) is 0 Å². The lowest BCUT2D eigenvalue weighted by molar-refractivity contribution is -0.135.